The van der Waals surface area contributed by atoms with Gasteiger partial charge >= 0.3 is 11.9 Å². The molecule has 0 aromatic carbocycles. The monoisotopic (exact) mass is 349 g/mol. The predicted octanol–water partition coefficient (Wildman–Crippen LogP) is -1.08. The van der Waals surface area contributed by atoms with Gasteiger partial charge in [0.1, 0.15) is 6.54 Å². The molecule has 2 unspecified atom stereocenters. The molecule has 9 heteroatoms. The molecular weight excluding hydrogens is 324 g/mol. The first kappa shape index (κ1) is 17.5. The molecule has 0 aromatic heterocycles. The number of piperidine rings is 1. The lowest BCUT2D eigenvalue weighted by Gasteiger charge is -2.30. The van der Waals surface area contributed by atoms with Gasteiger partial charge in [0, 0.05) is 20.6 Å². The molecule has 136 valence electrons. The number of urea groups is 1. The minimum Gasteiger partial charge on any atom is -0.366 e. The molecule has 0 saturated carbocycles. The summed E-state index contributed by atoms with van der Waals surface area (Å²) in [7, 11) is 3.02. The minimum atomic E-state index is -0.766. The smallest absolute Gasteiger partial charge is 0.333 e. The van der Waals surface area contributed by atoms with E-state index in [9.17, 15) is 14.4 Å². The second-order valence-electron chi connectivity index (χ2n) is 7.10. The third-order valence-corrected chi connectivity index (χ3v) is 5.05. The summed E-state index contributed by atoms with van der Waals surface area (Å²) in [6, 6.07) is -1.19. The molecule has 4 amide bonds. The van der Waals surface area contributed by atoms with Crippen LogP contribution in [0.25, 0.3) is 0 Å². The molecule has 0 spiro atoms. The van der Waals surface area contributed by atoms with Gasteiger partial charge in [-0.2, -0.15) is 0 Å². The fraction of sp³-hybridized carbons (Fsp3) is 0.688. The summed E-state index contributed by atoms with van der Waals surface area (Å²) < 4.78 is 1.64. The number of fused-ring (bicyclic) bond motifs is 1. The SMILES string of the molecule is CC1CCCN(CC2=[N+](CC(N)=O)C3C(=O)N(C)C(=O)N(C)C3=N2)C1. The van der Waals surface area contributed by atoms with Crippen LogP contribution in [-0.4, -0.2) is 95.1 Å². The van der Waals surface area contributed by atoms with Gasteiger partial charge in [-0.3, -0.25) is 24.3 Å². The fourth-order valence-corrected chi connectivity index (χ4v) is 3.76. The van der Waals surface area contributed by atoms with Crippen LogP contribution < -0.4 is 5.73 Å². The summed E-state index contributed by atoms with van der Waals surface area (Å²) in [5.41, 5.74) is 5.39. The second-order valence-corrected chi connectivity index (χ2v) is 7.10. The van der Waals surface area contributed by atoms with Crippen LogP contribution in [0.2, 0.25) is 0 Å². The molecular formula is C16H25N6O3+. The van der Waals surface area contributed by atoms with E-state index in [-0.39, 0.29) is 12.5 Å². The van der Waals surface area contributed by atoms with E-state index in [0.29, 0.717) is 24.1 Å². The Morgan fingerprint density at radius 2 is 2.04 bits per heavy atom. The van der Waals surface area contributed by atoms with Crippen molar-refractivity contribution in [1.29, 1.82) is 0 Å². The molecule has 0 aliphatic carbocycles. The highest BCUT2D eigenvalue weighted by molar-refractivity contribution is 6.23. The molecule has 3 heterocycles. The average molecular weight is 349 g/mol. The van der Waals surface area contributed by atoms with Gasteiger partial charge < -0.3 is 5.73 Å². The lowest BCUT2D eigenvalue weighted by Crippen LogP contribution is -2.62. The summed E-state index contributed by atoms with van der Waals surface area (Å²) in [6.07, 6.45) is 2.32. The number of carbonyl (C=O) groups excluding carboxylic acids is 3. The number of carbonyl (C=O) groups is 3. The zero-order chi connectivity index (χ0) is 18.3. The summed E-state index contributed by atoms with van der Waals surface area (Å²) >= 11 is 0. The van der Waals surface area contributed by atoms with Gasteiger partial charge in [0.05, 0.1) is 0 Å². The summed E-state index contributed by atoms with van der Waals surface area (Å²) in [4.78, 5) is 45.6. The molecule has 2 fully saturated rings. The Bertz CT molecular complexity index is 685. The van der Waals surface area contributed by atoms with Crippen LogP contribution in [0.15, 0.2) is 4.99 Å². The van der Waals surface area contributed by atoms with E-state index < -0.39 is 18.0 Å². The number of likely N-dealkylation sites (tertiary alicyclic amines) is 1. The standard InChI is InChI=1S/C16H24N6O3/c1-10-5-4-6-21(7-10)9-12-18-14-13(22(12)8-11(17)23)15(24)20(3)16(25)19(14)2/h10,13H,4-9H2,1-3H3,(H-,17,23)/p+1. The normalized spacial score (nSPS) is 27.7. The van der Waals surface area contributed by atoms with Gasteiger partial charge in [0.25, 0.3) is 23.7 Å². The van der Waals surface area contributed by atoms with Crippen molar-refractivity contribution in [2.24, 2.45) is 16.6 Å². The number of hydrogen-bond acceptors (Lipinski definition) is 5. The number of nitrogens with zero attached hydrogens (tertiary/aromatic N) is 5. The number of aliphatic imine (C=N–C) groups is 1. The molecule has 25 heavy (non-hydrogen) atoms. The maximum atomic E-state index is 12.6. The van der Waals surface area contributed by atoms with E-state index in [2.05, 4.69) is 16.8 Å². The highest BCUT2D eigenvalue weighted by Crippen LogP contribution is 2.20. The lowest BCUT2D eigenvalue weighted by molar-refractivity contribution is -0.525. The van der Waals surface area contributed by atoms with Gasteiger partial charge in [0.15, 0.2) is 6.54 Å². The number of rotatable bonds is 4. The van der Waals surface area contributed by atoms with Crippen molar-refractivity contribution in [2.45, 2.75) is 25.8 Å². The molecule has 2 N–H and O–H groups in total. The van der Waals surface area contributed by atoms with Gasteiger partial charge in [-0.05, 0) is 30.3 Å². The van der Waals surface area contributed by atoms with Crippen LogP contribution in [0.5, 0.6) is 0 Å². The summed E-state index contributed by atoms with van der Waals surface area (Å²) in [6.45, 7) is 4.56. The lowest BCUT2D eigenvalue weighted by atomic mass is 10.0. The number of primary amides is 1. The van der Waals surface area contributed by atoms with Gasteiger partial charge in [-0.1, -0.05) is 6.92 Å². The molecule has 2 atom stereocenters. The van der Waals surface area contributed by atoms with Crippen LogP contribution in [-0.2, 0) is 9.59 Å². The van der Waals surface area contributed by atoms with Crippen molar-refractivity contribution < 1.29 is 19.0 Å². The first-order valence-electron chi connectivity index (χ1n) is 8.56. The number of nitrogens with two attached hydrogens (primary N) is 1. The van der Waals surface area contributed by atoms with Crippen molar-refractivity contribution in [3.63, 3.8) is 0 Å². The highest BCUT2D eigenvalue weighted by atomic mass is 16.2. The summed E-state index contributed by atoms with van der Waals surface area (Å²) in [5.74, 6) is 0.680. The number of likely N-dealkylation sites (N-methyl/N-ethyl adjacent to an activating group) is 2. The molecule has 3 aliphatic rings. The Hall–Kier alpha value is -2.29. The Kier molecular flexibility index (Phi) is 4.59. The second kappa shape index (κ2) is 6.55. The Morgan fingerprint density at radius 3 is 2.68 bits per heavy atom. The summed E-state index contributed by atoms with van der Waals surface area (Å²) in [5, 5.41) is 0. The quantitative estimate of drug-likeness (QED) is 0.652. The van der Waals surface area contributed by atoms with Crippen molar-refractivity contribution in [3.05, 3.63) is 0 Å². The molecule has 9 nitrogen and oxygen atoms in total. The van der Waals surface area contributed by atoms with E-state index in [0.717, 1.165) is 24.4 Å². The van der Waals surface area contributed by atoms with Crippen molar-refractivity contribution in [1.82, 2.24) is 14.7 Å². The van der Waals surface area contributed by atoms with E-state index in [1.807, 2.05) is 0 Å². The van der Waals surface area contributed by atoms with Crippen molar-refractivity contribution in [3.8, 4) is 0 Å². The van der Waals surface area contributed by atoms with Crippen molar-refractivity contribution in [2.75, 3.05) is 40.3 Å². The minimum absolute atomic E-state index is 0.0992. The van der Waals surface area contributed by atoms with Crippen LogP contribution in [0.1, 0.15) is 19.8 Å². The zero-order valence-electron chi connectivity index (χ0n) is 14.9. The molecule has 3 aliphatic heterocycles. The predicted molar refractivity (Wildman–Crippen MR) is 91.3 cm³/mol. The van der Waals surface area contributed by atoms with Crippen LogP contribution >= 0.6 is 0 Å². The Labute approximate surface area is 146 Å². The van der Waals surface area contributed by atoms with Crippen LogP contribution in [0.4, 0.5) is 4.79 Å². The maximum absolute atomic E-state index is 12.6. The highest BCUT2D eigenvalue weighted by Gasteiger charge is 2.53. The van der Waals surface area contributed by atoms with Gasteiger partial charge in [0.2, 0.25) is 0 Å². The number of imide groups is 1. The number of amides is 4. The average Bonchev–Trinajstić information content (AvgIpc) is 2.89. The molecule has 0 aromatic rings. The maximum Gasteiger partial charge on any atom is 0.333 e. The molecule has 0 radical (unpaired) electrons. The topological polar surface area (TPSA) is 102 Å². The van der Waals surface area contributed by atoms with E-state index in [1.165, 1.54) is 18.4 Å². The largest absolute Gasteiger partial charge is 0.366 e. The first-order valence-corrected chi connectivity index (χ1v) is 8.56. The van der Waals surface area contributed by atoms with E-state index in [1.54, 1.807) is 11.6 Å². The van der Waals surface area contributed by atoms with Gasteiger partial charge in [-0.15, -0.1) is 0 Å². The third-order valence-electron chi connectivity index (χ3n) is 5.05. The first-order chi connectivity index (χ1) is 11.8. The molecule has 2 saturated heterocycles. The Morgan fingerprint density at radius 1 is 1.32 bits per heavy atom. The molecule has 0 bridgehead atoms. The van der Waals surface area contributed by atoms with E-state index >= 15 is 0 Å². The fourth-order valence-electron chi connectivity index (χ4n) is 3.76. The van der Waals surface area contributed by atoms with E-state index in [4.69, 9.17) is 5.73 Å². The number of amidine groups is 2. The van der Waals surface area contributed by atoms with Gasteiger partial charge in [-0.25, -0.2) is 9.37 Å². The molecule has 3 rings (SSSR count). The third kappa shape index (κ3) is 3.15. The zero-order valence-corrected chi connectivity index (χ0v) is 14.9. The number of hydrogen-bond donors (Lipinski definition) is 1. The van der Waals surface area contributed by atoms with Crippen molar-refractivity contribution >= 4 is 29.5 Å². The Balaban J connectivity index is 1.93. The van der Waals surface area contributed by atoms with Crippen LogP contribution in [0, 0.1) is 5.92 Å². The van der Waals surface area contributed by atoms with Crippen LogP contribution in [0.3, 0.4) is 0 Å².